The number of amides is 2. The zero-order valence-corrected chi connectivity index (χ0v) is 15.9. The molecule has 3 rings (SSSR count). The molecule has 0 spiro atoms. The van der Waals surface area contributed by atoms with Crippen LogP contribution in [0.3, 0.4) is 0 Å². The molecular formula is C20H20N2O7. The lowest BCUT2D eigenvalue weighted by molar-refractivity contribution is -0.139. The summed E-state index contributed by atoms with van der Waals surface area (Å²) in [6.45, 7) is 3.19. The Morgan fingerprint density at radius 2 is 1.86 bits per heavy atom. The largest absolute Gasteiger partial charge is 0.463 e. The van der Waals surface area contributed by atoms with Crippen molar-refractivity contribution in [2.45, 2.75) is 26.3 Å². The van der Waals surface area contributed by atoms with Crippen LogP contribution < -0.4 is 16.3 Å². The van der Waals surface area contributed by atoms with Crippen LogP contribution in [0.4, 0.5) is 4.79 Å². The summed E-state index contributed by atoms with van der Waals surface area (Å²) in [5.74, 6) is -1.55. The zero-order chi connectivity index (χ0) is 21.0. The van der Waals surface area contributed by atoms with Gasteiger partial charge in [0.2, 0.25) is 0 Å². The van der Waals surface area contributed by atoms with Crippen molar-refractivity contribution in [1.82, 2.24) is 10.6 Å². The third-order valence-electron chi connectivity index (χ3n) is 4.36. The number of hydrogen-bond acceptors (Lipinski definition) is 7. The highest BCUT2D eigenvalue weighted by Gasteiger charge is 2.32. The molecule has 152 valence electrons. The first kappa shape index (κ1) is 20.1. The highest BCUT2D eigenvalue weighted by molar-refractivity contribution is 5.95. The maximum atomic E-state index is 12.4. The van der Waals surface area contributed by atoms with Gasteiger partial charge in [0.05, 0.1) is 23.9 Å². The first-order valence-corrected chi connectivity index (χ1v) is 9.12. The summed E-state index contributed by atoms with van der Waals surface area (Å²) in [7, 11) is 0. The Labute approximate surface area is 165 Å². The van der Waals surface area contributed by atoms with Gasteiger partial charge in [0.15, 0.2) is 0 Å². The van der Waals surface area contributed by atoms with E-state index in [0.717, 1.165) is 0 Å². The first-order chi connectivity index (χ1) is 13.9. The molecule has 0 saturated heterocycles. The number of carbonyl (C=O) groups excluding carboxylic acids is 3. The molecule has 1 aliphatic rings. The Bertz CT molecular complexity index is 1050. The maximum absolute atomic E-state index is 12.4. The topological polar surface area (TPSA) is 124 Å². The molecule has 0 fully saturated rings. The van der Waals surface area contributed by atoms with Crippen molar-refractivity contribution in [1.29, 1.82) is 0 Å². The number of ether oxygens (including phenoxy) is 2. The van der Waals surface area contributed by atoms with Crippen LogP contribution in [0, 0.1) is 0 Å². The third kappa shape index (κ3) is 4.29. The van der Waals surface area contributed by atoms with Gasteiger partial charge in [-0.15, -0.1) is 0 Å². The summed E-state index contributed by atoms with van der Waals surface area (Å²) in [4.78, 5) is 48.7. The molecule has 0 aliphatic carbocycles. The van der Waals surface area contributed by atoms with E-state index in [-0.39, 0.29) is 23.4 Å². The number of carbonyl (C=O) groups is 3. The van der Waals surface area contributed by atoms with Crippen molar-refractivity contribution in [2.24, 2.45) is 0 Å². The Balaban J connectivity index is 1.86. The molecule has 0 bridgehead atoms. The molecular weight excluding hydrogens is 380 g/mol. The number of nitrogens with one attached hydrogen (secondary N) is 2. The monoisotopic (exact) mass is 400 g/mol. The SMILES string of the molecule is CCOC(=O)C1=C(COC(=O)c2cc3ccccc3oc2=O)NC(=O)N[C@H]1CC. The van der Waals surface area contributed by atoms with Crippen LogP contribution in [0.1, 0.15) is 30.6 Å². The summed E-state index contributed by atoms with van der Waals surface area (Å²) in [6.07, 6.45) is 0.438. The fourth-order valence-corrected chi connectivity index (χ4v) is 3.00. The van der Waals surface area contributed by atoms with Crippen molar-refractivity contribution >= 4 is 28.9 Å². The van der Waals surface area contributed by atoms with Crippen molar-refractivity contribution in [3.63, 3.8) is 0 Å². The molecule has 9 nitrogen and oxygen atoms in total. The third-order valence-corrected chi connectivity index (χ3v) is 4.36. The molecule has 0 radical (unpaired) electrons. The van der Waals surface area contributed by atoms with E-state index >= 15 is 0 Å². The van der Waals surface area contributed by atoms with Crippen LogP contribution in [0.2, 0.25) is 0 Å². The van der Waals surface area contributed by atoms with Crippen LogP contribution in [0.15, 0.2) is 50.8 Å². The second-order valence-corrected chi connectivity index (χ2v) is 6.23. The van der Waals surface area contributed by atoms with Gasteiger partial charge >= 0.3 is 23.6 Å². The fraction of sp³-hybridized carbons (Fsp3) is 0.300. The number of urea groups is 1. The number of benzene rings is 1. The summed E-state index contributed by atoms with van der Waals surface area (Å²) >= 11 is 0. The number of fused-ring (bicyclic) bond motifs is 1. The van der Waals surface area contributed by atoms with Gasteiger partial charge in [0, 0.05) is 5.39 Å². The molecule has 0 unspecified atom stereocenters. The van der Waals surface area contributed by atoms with Crippen molar-refractivity contribution in [3.8, 4) is 0 Å². The van der Waals surface area contributed by atoms with Gasteiger partial charge in [0.1, 0.15) is 17.8 Å². The van der Waals surface area contributed by atoms with E-state index in [0.29, 0.717) is 17.4 Å². The number of rotatable bonds is 6. The minimum absolute atomic E-state index is 0.109. The van der Waals surface area contributed by atoms with Crippen LogP contribution in [-0.2, 0) is 14.3 Å². The summed E-state index contributed by atoms with van der Waals surface area (Å²) < 4.78 is 15.4. The lowest BCUT2D eigenvalue weighted by Crippen LogP contribution is -2.51. The number of esters is 2. The standard InChI is InChI=1S/C20H20N2O7/c1-3-13-16(19(25)27-4-2)14(22-20(26)21-13)10-28-17(23)12-9-11-7-5-6-8-15(11)29-18(12)24/h5-9,13H,3-4,10H2,1-2H3,(H2,21,22,26)/t13-/m0/s1. The average molecular weight is 400 g/mol. The summed E-state index contributed by atoms with van der Waals surface area (Å²) in [6, 6.07) is 7.01. The second kappa shape index (κ2) is 8.59. The molecule has 2 amide bonds. The highest BCUT2D eigenvalue weighted by atomic mass is 16.5. The van der Waals surface area contributed by atoms with Crippen molar-refractivity contribution in [2.75, 3.05) is 13.2 Å². The molecule has 1 aliphatic heterocycles. The first-order valence-electron chi connectivity index (χ1n) is 9.12. The van der Waals surface area contributed by atoms with Gasteiger partial charge in [-0.2, -0.15) is 0 Å². The van der Waals surface area contributed by atoms with E-state index in [4.69, 9.17) is 13.9 Å². The Kier molecular flexibility index (Phi) is 5.96. The normalized spacial score (nSPS) is 16.2. The maximum Gasteiger partial charge on any atom is 0.351 e. The minimum atomic E-state index is -0.930. The van der Waals surface area contributed by atoms with Crippen molar-refractivity contribution < 1.29 is 28.3 Å². The molecule has 1 atom stereocenters. The van der Waals surface area contributed by atoms with E-state index in [1.165, 1.54) is 6.07 Å². The Hall–Kier alpha value is -3.62. The summed E-state index contributed by atoms with van der Waals surface area (Å²) in [5.41, 5.74) is -0.494. The average Bonchev–Trinajstić information content (AvgIpc) is 2.71. The van der Waals surface area contributed by atoms with E-state index in [9.17, 15) is 19.2 Å². The van der Waals surface area contributed by atoms with E-state index in [1.54, 1.807) is 38.1 Å². The van der Waals surface area contributed by atoms with Crippen LogP contribution in [-0.4, -0.2) is 37.2 Å². The van der Waals surface area contributed by atoms with E-state index in [2.05, 4.69) is 10.6 Å². The Morgan fingerprint density at radius 1 is 1.10 bits per heavy atom. The minimum Gasteiger partial charge on any atom is -0.463 e. The predicted molar refractivity (Wildman–Crippen MR) is 102 cm³/mol. The van der Waals surface area contributed by atoms with Gasteiger partial charge in [-0.1, -0.05) is 25.1 Å². The van der Waals surface area contributed by atoms with Gasteiger partial charge in [-0.3, -0.25) is 0 Å². The smallest absolute Gasteiger partial charge is 0.351 e. The number of para-hydroxylation sites is 1. The number of hydrogen-bond donors (Lipinski definition) is 2. The van der Waals surface area contributed by atoms with Gasteiger partial charge < -0.3 is 24.5 Å². The van der Waals surface area contributed by atoms with Crippen molar-refractivity contribution in [3.05, 3.63) is 57.6 Å². The lowest BCUT2D eigenvalue weighted by Gasteiger charge is -2.28. The Morgan fingerprint density at radius 3 is 2.59 bits per heavy atom. The van der Waals surface area contributed by atoms with Gasteiger partial charge in [-0.05, 0) is 25.5 Å². The van der Waals surface area contributed by atoms with Gasteiger partial charge in [-0.25, -0.2) is 19.2 Å². The molecule has 9 heteroatoms. The van der Waals surface area contributed by atoms with Crippen LogP contribution in [0.25, 0.3) is 11.0 Å². The van der Waals surface area contributed by atoms with E-state index in [1.807, 2.05) is 0 Å². The predicted octanol–water partition coefficient (Wildman–Crippen LogP) is 1.86. The van der Waals surface area contributed by atoms with E-state index < -0.39 is 36.2 Å². The summed E-state index contributed by atoms with van der Waals surface area (Å²) in [5, 5.41) is 5.65. The molecule has 1 aromatic carbocycles. The zero-order valence-electron chi connectivity index (χ0n) is 15.9. The molecule has 1 aromatic heterocycles. The lowest BCUT2D eigenvalue weighted by atomic mass is 10.0. The molecule has 2 heterocycles. The molecule has 2 N–H and O–H groups in total. The molecule has 29 heavy (non-hydrogen) atoms. The van der Waals surface area contributed by atoms with Crippen LogP contribution in [0.5, 0.6) is 0 Å². The highest BCUT2D eigenvalue weighted by Crippen LogP contribution is 2.18. The molecule has 2 aromatic rings. The van der Waals surface area contributed by atoms with Gasteiger partial charge in [0.25, 0.3) is 0 Å². The quantitative estimate of drug-likeness (QED) is 0.560. The molecule has 0 saturated carbocycles. The van der Waals surface area contributed by atoms with Crippen LogP contribution >= 0.6 is 0 Å². The fourth-order valence-electron chi connectivity index (χ4n) is 3.00. The second-order valence-electron chi connectivity index (χ2n) is 6.23.